The van der Waals surface area contributed by atoms with Crippen molar-refractivity contribution < 1.29 is 4.42 Å². The highest BCUT2D eigenvalue weighted by Gasteiger charge is 2.53. The molecule has 2 N–H and O–H groups in total. The van der Waals surface area contributed by atoms with Crippen LogP contribution in [0.3, 0.4) is 0 Å². The van der Waals surface area contributed by atoms with Crippen LogP contribution in [0.5, 0.6) is 0 Å². The van der Waals surface area contributed by atoms with Crippen molar-refractivity contribution in [1.82, 2.24) is 4.98 Å². The minimum atomic E-state index is 0.364. The van der Waals surface area contributed by atoms with Crippen molar-refractivity contribution in [3.63, 3.8) is 0 Å². The Morgan fingerprint density at radius 2 is 1.75 bits per heavy atom. The van der Waals surface area contributed by atoms with Gasteiger partial charge in [-0.15, -0.1) is 0 Å². The summed E-state index contributed by atoms with van der Waals surface area (Å²) in [6.07, 6.45) is 10.4. The predicted octanol–water partition coefficient (Wildman–Crippen LogP) is 3.34. The van der Waals surface area contributed by atoms with Gasteiger partial charge in [0.15, 0.2) is 5.89 Å². The Morgan fingerprint density at radius 3 is 2.30 bits per heavy atom. The molecule has 20 heavy (non-hydrogen) atoms. The molecule has 0 saturated heterocycles. The van der Waals surface area contributed by atoms with Crippen LogP contribution in [0.15, 0.2) is 4.42 Å². The van der Waals surface area contributed by atoms with Crippen molar-refractivity contribution in [3.8, 4) is 0 Å². The lowest BCUT2D eigenvalue weighted by molar-refractivity contribution is -0.00761. The van der Waals surface area contributed by atoms with E-state index >= 15 is 0 Å². The molecule has 4 saturated carbocycles. The van der Waals surface area contributed by atoms with Gasteiger partial charge in [0.25, 0.3) is 0 Å². The summed E-state index contributed by atoms with van der Waals surface area (Å²) in [5.74, 6) is 4.89. The summed E-state index contributed by atoms with van der Waals surface area (Å²) in [6, 6.07) is 0. The molecule has 0 radical (unpaired) electrons. The molecule has 4 aliphatic rings. The van der Waals surface area contributed by atoms with E-state index in [1.165, 1.54) is 44.2 Å². The minimum absolute atomic E-state index is 0.364. The molecule has 4 bridgehead atoms. The van der Waals surface area contributed by atoms with E-state index in [0.29, 0.717) is 12.0 Å². The zero-order valence-electron chi connectivity index (χ0n) is 12.5. The van der Waals surface area contributed by atoms with Gasteiger partial charge in [-0.25, -0.2) is 4.98 Å². The normalized spacial score (nSPS) is 38.6. The molecule has 0 aliphatic heterocycles. The maximum Gasteiger partial charge on any atom is 0.194 e. The smallest absolute Gasteiger partial charge is 0.194 e. The molecule has 0 amide bonds. The van der Waals surface area contributed by atoms with E-state index in [2.05, 4.69) is 6.92 Å². The van der Waals surface area contributed by atoms with Gasteiger partial charge in [0.2, 0.25) is 0 Å². The maximum absolute atomic E-state index is 5.94. The Morgan fingerprint density at radius 1 is 1.15 bits per heavy atom. The number of hydrogen-bond acceptors (Lipinski definition) is 3. The van der Waals surface area contributed by atoms with Crippen LogP contribution in [0.2, 0.25) is 0 Å². The largest absolute Gasteiger partial charge is 0.446 e. The number of oxazole rings is 1. The zero-order chi connectivity index (χ0) is 13.7. The van der Waals surface area contributed by atoms with Gasteiger partial charge < -0.3 is 10.2 Å². The van der Waals surface area contributed by atoms with Gasteiger partial charge in [-0.1, -0.05) is 0 Å². The predicted molar refractivity (Wildman–Crippen MR) is 78.5 cm³/mol. The van der Waals surface area contributed by atoms with Crippen molar-refractivity contribution in [2.24, 2.45) is 23.5 Å². The molecule has 0 spiro atoms. The van der Waals surface area contributed by atoms with Gasteiger partial charge in [-0.2, -0.15) is 0 Å². The summed E-state index contributed by atoms with van der Waals surface area (Å²) in [7, 11) is 0. The van der Waals surface area contributed by atoms with E-state index in [0.717, 1.165) is 42.2 Å². The summed E-state index contributed by atoms with van der Waals surface area (Å²) in [6.45, 7) is 2.83. The summed E-state index contributed by atoms with van der Waals surface area (Å²) < 4.78 is 5.94. The highest BCUT2D eigenvalue weighted by Crippen LogP contribution is 2.60. The standard InChI is InChI=1S/C17H26N2O/c1-11-16(19-15(20-11)3-2-4-18)17-8-12-5-13(9-17)7-14(6-12)10-17/h12-14H,2-10,18H2,1H3. The molecular weight excluding hydrogens is 248 g/mol. The third kappa shape index (κ3) is 1.93. The van der Waals surface area contributed by atoms with E-state index in [1.807, 2.05) is 0 Å². The fraction of sp³-hybridized carbons (Fsp3) is 0.824. The van der Waals surface area contributed by atoms with Crippen LogP contribution in [0, 0.1) is 24.7 Å². The highest BCUT2D eigenvalue weighted by molar-refractivity contribution is 5.26. The molecule has 1 heterocycles. The van der Waals surface area contributed by atoms with Crippen molar-refractivity contribution in [2.45, 2.75) is 63.7 Å². The third-order valence-corrected chi connectivity index (χ3v) is 5.98. The van der Waals surface area contributed by atoms with Crippen LogP contribution in [0.25, 0.3) is 0 Å². The SMILES string of the molecule is Cc1oc(CCCN)nc1C12CC3CC(CC(C3)C1)C2. The molecule has 4 fully saturated rings. The Labute approximate surface area is 121 Å². The first kappa shape index (κ1) is 12.9. The fourth-order valence-electron chi connectivity index (χ4n) is 5.70. The molecule has 0 unspecified atom stereocenters. The number of hydrogen-bond donors (Lipinski definition) is 1. The quantitative estimate of drug-likeness (QED) is 0.916. The second-order valence-corrected chi connectivity index (χ2v) is 7.60. The lowest BCUT2D eigenvalue weighted by Crippen LogP contribution is -2.49. The van der Waals surface area contributed by atoms with Gasteiger partial charge in [-0.05, 0) is 76.2 Å². The van der Waals surface area contributed by atoms with Gasteiger partial charge in [0.1, 0.15) is 5.76 Å². The van der Waals surface area contributed by atoms with E-state index in [4.69, 9.17) is 15.1 Å². The van der Waals surface area contributed by atoms with Gasteiger partial charge in [0.05, 0.1) is 5.69 Å². The number of aryl methyl sites for hydroxylation is 2. The van der Waals surface area contributed by atoms with Crippen LogP contribution in [-0.2, 0) is 11.8 Å². The van der Waals surface area contributed by atoms with Crippen molar-refractivity contribution >= 4 is 0 Å². The number of rotatable bonds is 4. The second-order valence-electron chi connectivity index (χ2n) is 7.60. The molecular formula is C17H26N2O. The molecule has 4 aliphatic carbocycles. The third-order valence-electron chi connectivity index (χ3n) is 5.98. The van der Waals surface area contributed by atoms with E-state index in [1.54, 1.807) is 0 Å². The lowest BCUT2D eigenvalue weighted by atomic mass is 9.48. The fourth-order valence-corrected chi connectivity index (χ4v) is 5.70. The maximum atomic E-state index is 5.94. The number of nitrogens with two attached hydrogens (primary N) is 1. The first-order chi connectivity index (χ1) is 9.68. The van der Waals surface area contributed by atoms with Crippen LogP contribution >= 0.6 is 0 Å². The average Bonchev–Trinajstić information content (AvgIpc) is 2.77. The Hall–Kier alpha value is -0.830. The average molecular weight is 274 g/mol. The summed E-state index contributed by atoms with van der Waals surface area (Å²) in [5, 5.41) is 0. The van der Waals surface area contributed by atoms with Gasteiger partial charge in [0, 0.05) is 11.8 Å². The van der Waals surface area contributed by atoms with Crippen molar-refractivity contribution in [2.75, 3.05) is 6.54 Å². The molecule has 1 aromatic rings. The van der Waals surface area contributed by atoms with E-state index in [-0.39, 0.29) is 0 Å². The van der Waals surface area contributed by atoms with Crippen LogP contribution < -0.4 is 5.73 Å². The highest BCUT2D eigenvalue weighted by atomic mass is 16.4. The van der Waals surface area contributed by atoms with Crippen LogP contribution in [0.4, 0.5) is 0 Å². The second kappa shape index (κ2) is 4.59. The minimum Gasteiger partial charge on any atom is -0.446 e. The first-order valence-electron chi connectivity index (χ1n) is 8.35. The molecule has 110 valence electrons. The molecule has 0 aromatic carbocycles. The zero-order valence-corrected chi connectivity index (χ0v) is 12.5. The van der Waals surface area contributed by atoms with Crippen molar-refractivity contribution in [1.29, 1.82) is 0 Å². The summed E-state index contributed by atoms with van der Waals surface area (Å²) in [5.41, 5.74) is 7.27. The van der Waals surface area contributed by atoms with E-state index in [9.17, 15) is 0 Å². The first-order valence-corrected chi connectivity index (χ1v) is 8.35. The van der Waals surface area contributed by atoms with Gasteiger partial charge in [-0.3, -0.25) is 0 Å². The van der Waals surface area contributed by atoms with Crippen molar-refractivity contribution in [3.05, 3.63) is 17.3 Å². The topological polar surface area (TPSA) is 52.0 Å². The Bertz CT molecular complexity index is 470. The van der Waals surface area contributed by atoms with Crippen LogP contribution in [0.1, 0.15) is 62.3 Å². The molecule has 0 atom stereocenters. The number of aromatic nitrogens is 1. The number of nitrogens with zero attached hydrogens (tertiary/aromatic N) is 1. The van der Waals surface area contributed by atoms with E-state index < -0.39 is 0 Å². The van der Waals surface area contributed by atoms with Crippen LogP contribution in [-0.4, -0.2) is 11.5 Å². The monoisotopic (exact) mass is 274 g/mol. The summed E-state index contributed by atoms with van der Waals surface area (Å²) in [4.78, 5) is 4.92. The summed E-state index contributed by atoms with van der Waals surface area (Å²) >= 11 is 0. The molecule has 1 aromatic heterocycles. The Kier molecular flexibility index (Phi) is 2.95. The molecule has 5 rings (SSSR count). The van der Waals surface area contributed by atoms with Gasteiger partial charge >= 0.3 is 0 Å². The Balaban J connectivity index is 1.65. The molecule has 3 heteroatoms. The molecule has 3 nitrogen and oxygen atoms in total. The lowest BCUT2D eigenvalue weighted by Gasteiger charge is -2.56.